The van der Waals surface area contributed by atoms with Gasteiger partial charge in [0, 0.05) is 17.1 Å². The van der Waals surface area contributed by atoms with Crippen LogP contribution in [-0.2, 0) is 0 Å². The van der Waals surface area contributed by atoms with E-state index in [-0.39, 0.29) is 0 Å². The molecule has 4 heteroatoms. The molecule has 0 spiro atoms. The number of hydrogen-bond donors (Lipinski definition) is 2. The molecule has 1 atom stereocenters. The summed E-state index contributed by atoms with van der Waals surface area (Å²) in [6.07, 6.45) is 2.67. The number of halogens is 1. The Morgan fingerprint density at radius 2 is 2.12 bits per heavy atom. The predicted octanol–water partition coefficient (Wildman–Crippen LogP) is 2.93. The third kappa shape index (κ3) is 3.36. The van der Waals surface area contributed by atoms with Gasteiger partial charge in [0.15, 0.2) is 0 Å². The van der Waals surface area contributed by atoms with Crippen LogP contribution in [0.1, 0.15) is 19.8 Å². The first-order valence-corrected chi connectivity index (χ1v) is 6.99. The van der Waals surface area contributed by atoms with Crippen LogP contribution in [0.3, 0.4) is 0 Å². The van der Waals surface area contributed by atoms with Gasteiger partial charge in [0.05, 0.1) is 11.4 Å². The fraction of sp³-hybridized carbons (Fsp3) is 0.538. The molecule has 0 aliphatic carbocycles. The summed E-state index contributed by atoms with van der Waals surface area (Å²) in [6.45, 7) is 5.68. The van der Waals surface area contributed by atoms with E-state index in [0.29, 0.717) is 6.04 Å². The molecule has 0 bridgehead atoms. The van der Waals surface area contributed by atoms with Gasteiger partial charge in [-0.2, -0.15) is 0 Å². The first kappa shape index (κ1) is 12.7. The highest BCUT2D eigenvalue weighted by molar-refractivity contribution is 9.10. The Morgan fingerprint density at radius 3 is 2.82 bits per heavy atom. The molecule has 1 aromatic rings. The molecular weight excluding hydrogens is 278 g/mol. The summed E-state index contributed by atoms with van der Waals surface area (Å²) < 4.78 is 1.06. The molecule has 3 nitrogen and oxygen atoms in total. The molecule has 2 rings (SSSR count). The lowest BCUT2D eigenvalue weighted by Crippen LogP contribution is -2.35. The Kier molecular flexibility index (Phi) is 4.29. The fourth-order valence-electron chi connectivity index (χ4n) is 2.25. The molecule has 3 N–H and O–H groups in total. The summed E-state index contributed by atoms with van der Waals surface area (Å²) in [5.74, 6) is 0. The van der Waals surface area contributed by atoms with Crippen LogP contribution in [0, 0.1) is 0 Å². The van der Waals surface area contributed by atoms with E-state index in [1.54, 1.807) is 0 Å². The highest BCUT2D eigenvalue weighted by Gasteiger charge is 2.17. The van der Waals surface area contributed by atoms with Gasteiger partial charge in [0.2, 0.25) is 0 Å². The van der Waals surface area contributed by atoms with E-state index < -0.39 is 0 Å². The van der Waals surface area contributed by atoms with Gasteiger partial charge in [-0.3, -0.25) is 4.90 Å². The molecule has 0 saturated carbocycles. The number of nitrogen functional groups attached to an aromatic ring is 1. The minimum atomic E-state index is 0.566. The number of nitrogens with one attached hydrogen (secondary N) is 1. The van der Waals surface area contributed by atoms with Crippen molar-refractivity contribution in [3.8, 4) is 0 Å². The van der Waals surface area contributed by atoms with E-state index in [0.717, 1.165) is 22.4 Å². The molecule has 1 saturated heterocycles. The zero-order valence-corrected chi connectivity index (χ0v) is 11.8. The van der Waals surface area contributed by atoms with Crippen molar-refractivity contribution in [2.75, 3.05) is 30.7 Å². The minimum absolute atomic E-state index is 0.566. The Balaban J connectivity index is 1.90. The SMILES string of the molecule is CC(CNc1cc(Br)ccc1N)N1CCCC1. The molecule has 1 fully saturated rings. The Labute approximate surface area is 111 Å². The predicted molar refractivity (Wildman–Crippen MR) is 77.3 cm³/mol. The lowest BCUT2D eigenvalue weighted by molar-refractivity contribution is 0.269. The molecule has 0 aromatic heterocycles. The number of hydrogen-bond acceptors (Lipinski definition) is 3. The van der Waals surface area contributed by atoms with Crippen LogP contribution in [0.25, 0.3) is 0 Å². The topological polar surface area (TPSA) is 41.3 Å². The van der Waals surface area contributed by atoms with Crippen LogP contribution in [-0.4, -0.2) is 30.6 Å². The van der Waals surface area contributed by atoms with E-state index in [2.05, 4.69) is 33.1 Å². The maximum atomic E-state index is 5.93. The lowest BCUT2D eigenvalue weighted by atomic mass is 10.2. The van der Waals surface area contributed by atoms with E-state index >= 15 is 0 Å². The monoisotopic (exact) mass is 297 g/mol. The molecule has 1 aliphatic rings. The number of anilines is 2. The molecule has 0 amide bonds. The molecule has 94 valence electrons. The Bertz CT molecular complexity index is 375. The largest absolute Gasteiger partial charge is 0.397 e. The maximum Gasteiger partial charge on any atom is 0.0585 e. The average molecular weight is 298 g/mol. The van der Waals surface area contributed by atoms with E-state index in [9.17, 15) is 0 Å². The second-order valence-corrected chi connectivity index (χ2v) is 5.62. The van der Waals surface area contributed by atoms with Gasteiger partial charge in [-0.25, -0.2) is 0 Å². The first-order valence-electron chi connectivity index (χ1n) is 6.20. The molecule has 1 aliphatic heterocycles. The average Bonchev–Trinajstić information content (AvgIpc) is 2.83. The van der Waals surface area contributed by atoms with Gasteiger partial charge in [-0.15, -0.1) is 0 Å². The lowest BCUT2D eigenvalue weighted by Gasteiger charge is -2.24. The highest BCUT2D eigenvalue weighted by Crippen LogP contribution is 2.23. The Hall–Kier alpha value is -0.740. The van der Waals surface area contributed by atoms with Crippen molar-refractivity contribution in [1.82, 2.24) is 4.90 Å². The van der Waals surface area contributed by atoms with Crippen LogP contribution in [0.5, 0.6) is 0 Å². The second-order valence-electron chi connectivity index (χ2n) is 4.70. The smallest absolute Gasteiger partial charge is 0.0585 e. The fourth-order valence-corrected chi connectivity index (χ4v) is 2.61. The third-order valence-corrected chi connectivity index (χ3v) is 3.86. The van der Waals surface area contributed by atoms with Gasteiger partial charge in [-0.05, 0) is 51.1 Å². The molecule has 1 heterocycles. The van der Waals surface area contributed by atoms with E-state index in [4.69, 9.17) is 5.73 Å². The maximum absolute atomic E-state index is 5.93. The highest BCUT2D eigenvalue weighted by atomic mass is 79.9. The van der Waals surface area contributed by atoms with Crippen molar-refractivity contribution in [3.05, 3.63) is 22.7 Å². The number of nitrogens with two attached hydrogens (primary N) is 1. The first-order chi connectivity index (χ1) is 8.16. The number of rotatable bonds is 4. The normalized spacial score (nSPS) is 18.2. The zero-order valence-electron chi connectivity index (χ0n) is 10.2. The summed E-state index contributed by atoms with van der Waals surface area (Å²) in [6, 6.07) is 6.49. The van der Waals surface area contributed by atoms with Crippen molar-refractivity contribution in [2.24, 2.45) is 0 Å². The van der Waals surface area contributed by atoms with Crippen LogP contribution in [0.15, 0.2) is 22.7 Å². The van der Waals surface area contributed by atoms with Crippen molar-refractivity contribution < 1.29 is 0 Å². The zero-order chi connectivity index (χ0) is 12.3. The van der Waals surface area contributed by atoms with Crippen molar-refractivity contribution in [1.29, 1.82) is 0 Å². The van der Waals surface area contributed by atoms with Crippen molar-refractivity contribution in [2.45, 2.75) is 25.8 Å². The molecule has 17 heavy (non-hydrogen) atoms. The van der Waals surface area contributed by atoms with E-state index in [1.165, 1.54) is 25.9 Å². The van der Waals surface area contributed by atoms with Crippen molar-refractivity contribution >= 4 is 27.3 Å². The molecular formula is C13H20BrN3. The minimum Gasteiger partial charge on any atom is -0.397 e. The summed E-state index contributed by atoms with van der Waals surface area (Å²) in [4.78, 5) is 2.53. The van der Waals surface area contributed by atoms with Crippen LogP contribution < -0.4 is 11.1 Å². The molecule has 1 aromatic carbocycles. The Morgan fingerprint density at radius 1 is 1.41 bits per heavy atom. The molecule has 0 radical (unpaired) electrons. The van der Waals surface area contributed by atoms with Gasteiger partial charge >= 0.3 is 0 Å². The summed E-state index contributed by atoms with van der Waals surface area (Å²) in [7, 11) is 0. The molecule has 1 unspecified atom stereocenters. The summed E-state index contributed by atoms with van der Waals surface area (Å²) in [5, 5.41) is 3.43. The number of benzene rings is 1. The van der Waals surface area contributed by atoms with Crippen molar-refractivity contribution in [3.63, 3.8) is 0 Å². The van der Waals surface area contributed by atoms with Crippen LogP contribution >= 0.6 is 15.9 Å². The second kappa shape index (κ2) is 5.74. The summed E-state index contributed by atoms with van der Waals surface area (Å²) >= 11 is 3.46. The van der Waals surface area contributed by atoms with Crippen LogP contribution in [0.2, 0.25) is 0 Å². The standard InChI is InChI=1S/C13H20BrN3/c1-10(17-6-2-3-7-17)9-16-13-8-11(14)4-5-12(13)15/h4-5,8,10,16H,2-3,6-7,9,15H2,1H3. The van der Waals surface area contributed by atoms with Gasteiger partial charge in [0.25, 0.3) is 0 Å². The third-order valence-electron chi connectivity index (χ3n) is 3.37. The quantitative estimate of drug-likeness (QED) is 0.840. The van der Waals surface area contributed by atoms with Gasteiger partial charge in [0.1, 0.15) is 0 Å². The van der Waals surface area contributed by atoms with Crippen LogP contribution in [0.4, 0.5) is 11.4 Å². The van der Waals surface area contributed by atoms with Gasteiger partial charge in [-0.1, -0.05) is 15.9 Å². The number of likely N-dealkylation sites (tertiary alicyclic amines) is 1. The van der Waals surface area contributed by atoms with E-state index in [1.807, 2.05) is 18.2 Å². The summed E-state index contributed by atoms with van der Waals surface area (Å²) in [5.41, 5.74) is 7.76. The number of nitrogens with zero attached hydrogens (tertiary/aromatic N) is 1. The van der Waals surface area contributed by atoms with Gasteiger partial charge < -0.3 is 11.1 Å².